The molecular formula is C15H19N3O5. The second-order valence-electron chi connectivity index (χ2n) is 5.56. The topological polar surface area (TPSA) is 122 Å². The van der Waals surface area contributed by atoms with Gasteiger partial charge < -0.3 is 15.7 Å². The van der Waals surface area contributed by atoms with Gasteiger partial charge in [-0.3, -0.25) is 19.7 Å². The van der Waals surface area contributed by atoms with E-state index in [0.717, 1.165) is 0 Å². The number of carboxylic acids is 1. The minimum atomic E-state index is -0.820. The summed E-state index contributed by atoms with van der Waals surface area (Å²) < 4.78 is 0. The van der Waals surface area contributed by atoms with Gasteiger partial charge in [0.15, 0.2) is 0 Å². The SMILES string of the molecule is O=C(CCNc1ccccc1[N+](=O)[O-])N[C@@H]1CC[C@H](C(=O)O)C1. The van der Waals surface area contributed by atoms with Crippen molar-refractivity contribution in [3.8, 4) is 0 Å². The molecule has 0 unspecified atom stereocenters. The van der Waals surface area contributed by atoms with Crippen LogP contribution in [-0.4, -0.2) is 34.5 Å². The van der Waals surface area contributed by atoms with Crippen LogP contribution in [0.3, 0.4) is 0 Å². The summed E-state index contributed by atoms with van der Waals surface area (Å²) in [5, 5.41) is 25.5. The molecule has 0 radical (unpaired) electrons. The molecule has 8 nitrogen and oxygen atoms in total. The fraction of sp³-hybridized carbons (Fsp3) is 0.467. The zero-order valence-corrected chi connectivity index (χ0v) is 12.5. The first-order valence-electron chi connectivity index (χ1n) is 7.47. The Morgan fingerprint density at radius 3 is 2.70 bits per heavy atom. The van der Waals surface area contributed by atoms with Gasteiger partial charge in [-0.25, -0.2) is 0 Å². The molecule has 0 saturated heterocycles. The zero-order valence-electron chi connectivity index (χ0n) is 12.5. The van der Waals surface area contributed by atoms with Crippen LogP contribution in [0.15, 0.2) is 24.3 Å². The number of carbonyl (C=O) groups is 2. The standard InChI is InChI=1S/C15H19N3O5/c19-14(17-11-6-5-10(9-11)15(20)21)7-8-16-12-3-1-2-4-13(12)18(22)23/h1-4,10-11,16H,5-9H2,(H,17,19)(H,20,21)/t10-,11+/m0/s1. The molecule has 1 aliphatic rings. The molecule has 2 atom stereocenters. The summed E-state index contributed by atoms with van der Waals surface area (Å²) in [5.74, 6) is -1.39. The Morgan fingerprint density at radius 2 is 2.04 bits per heavy atom. The first-order chi connectivity index (χ1) is 11.0. The third-order valence-corrected chi connectivity index (χ3v) is 3.92. The summed E-state index contributed by atoms with van der Waals surface area (Å²) >= 11 is 0. The third kappa shape index (κ3) is 4.67. The average molecular weight is 321 g/mol. The molecule has 2 rings (SSSR count). The van der Waals surface area contributed by atoms with Crippen molar-refractivity contribution >= 4 is 23.3 Å². The molecule has 23 heavy (non-hydrogen) atoms. The molecule has 0 aromatic heterocycles. The first kappa shape index (κ1) is 16.7. The highest BCUT2D eigenvalue weighted by atomic mass is 16.6. The number of benzene rings is 1. The van der Waals surface area contributed by atoms with Gasteiger partial charge in [0.1, 0.15) is 5.69 Å². The van der Waals surface area contributed by atoms with Crippen LogP contribution in [0.1, 0.15) is 25.7 Å². The van der Waals surface area contributed by atoms with Gasteiger partial charge in [-0.05, 0) is 25.3 Å². The molecule has 1 amide bonds. The number of hydrogen-bond acceptors (Lipinski definition) is 5. The summed E-state index contributed by atoms with van der Waals surface area (Å²) in [6.45, 7) is 0.270. The van der Waals surface area contributed by atoms with Crippen LogP contribution in [0.2, 0.25) is 0 Å². The van der Waals surface area contributed by atoms with Gasteiger partial charge in [0.2, 0.25) is 5.91 Å². The summed E-state index contributed by atoms with van der Waals surface area (Å²) in [4.78, 5) is 33.1. The van der Waals surface area contributed by atoms with Crippen LogP contribution in [0.5, 0.6) is 0 Å². The van der Waals surface area contributed by atoms with Crippen LogP contribution in [0.25, 0.3) is 0 Å². The Labute approximate surface area is 133 Å². The normalized spacial score (nSPS) is 20.0. The second kappa shape index (κ2) is 7.57. The number of para-hydroxylation sites is 2. The van der Waals surface area contributed by atoms with Gasteiger partial charge in [-0.1, -0.05) is 12.1 Å². The molecular weight excluding hydrogens is 302 g/mol. The highest BCUT2D eigenvalue weighted by molar-refractivity contribution is 5.77. The summed E-state index contributed by atoms with van der Waals surface area (Å²) in [5.41, 5.74) is 0.338. The molecule has 1 aromatic rings. The van der Waals surface area contributed by atoms with Crippen LogP contribution in [0, 0.1) is 16.0 Å². The number of hydrogen-bond donors (Lipinski definition) is 3. The largest absolute Gasteiger partial charge is 0.481 e. The molecule has 1 fully saturated rings. The average Bonchev–Trinajstić information content (AvgIpc) is 2.96. The molecule has 1 aliphatic carbocycles. The highest BCUT2D eigenvalue weighted by Gasteiger charge is 2.30. The second-order valence-corrected chi connectivity index (χ2v) is 5.56. The highest BCUT2D eigenvalue weighted by Crippen LogP contribution is 2.26. The van der Waals surface area contributed by atoms with Crippen LogP contribution in [0.4, 0.5) is 11.4 Å². The summed E-state index contributed by atoms with van der Waals surface area (Å²) in [6, 6.07) is 6.14. The van der Waals surface area contributed by atoms with Crippen molar-refractivity contribution in [3.05, 3.63) is 34.4 Å². The van der Waals surface area contributed by atoms with Gasteiger partial charge in [-0.15, -0.1) is 0 Å². The van der Waals surface area contributed by atoms with Crippen molar-refractivity contribution < 1.29 is 19.6 Å². The predicted octanol–water partition coefficient (Wildman–Crippen LogP) is 1.77. The number of nitro benzene ring substituents is 1. The van der Waals surface area contributed by atoms with Gasteiger partial charge >= 0.3 is 5.97 Å². The van der Waals surface area contributed by atoms with E-state index in [1.807, 2.05) is 0 Å². The van der Waals surface area contributed by atoms with E-state index >= 15 is 0 Å². The summed E-state index contributed by atoms with van der Waals surface area (Å²) in [7, 11) is 0. The predicted molar refractivity (Wildman–Crippen MR) is 83.1 cm³/mol. The van der Waals surface area contributed by atoms with Crippen LogP contribution in [-0.2, 0) is 9.59 Å². The maximum Gasteiger partial charge on any atom is 0.306 e. The monoisotopic (exact) mass is 321 g/mol. The lowest BCUT2D eigenvalue weighted by atomic mass is 10.1. The lowest BCUT2D eigenvalue weighted by Crippen LogP contribution is -2.34. The van der Waals surface area contributed by atoms with Crippen molar-refractivity contribution in [2.45, 2.75) is 31.7 Å². The van der Waals surface area contributed by atoms with E-state index in [9.17, 15) is 19.7 Å². The zero-order chi connectivity index (χ0) is 16.8. The molecule has 0 spiro atoms. The molecule has 1 aromatic carbocycles. The van der Waals surface area contributed by atoms with E-state index in [1.54, 1.807) is 18.2 Å². The number of carbonyl (C=O) groups excluding carboxylic acids is 1. The fourth-order valence-electron chi connectivity index (χ4n) is 2.73. The van der Waals surface area contributed by atoms with E-state index in [1.165, 1.54) is 6.07 Å². The van der Waals surface area contributed by atoms with E-state index in [2.05, 4.69) is 10.6 Å². The minimum Gasteiger partial charge on any atom is -0.481 e. The molecule has 8 heteroatoms. The maximum absolute atomic E-state index is 11.9. The maximum atomic E-state index is 11.9. The summed E-state index contributed by atoms with van der Waals surface area (Å²) in [6.07, 6.45) is 1.87. The van der Waals surface area contributed by atoms with E-state index in [0.29, 0.717) is 24.9 Å². The number of carboxylic acid groups (broad SMARTS) is 1. The van der Waals surface area contributed by atoms with E-state index < -0.39 is 10.9 Å². The molecule has 0 aliphatic heterocycles. The lowest BCUT2D eigenvalue weighted by molar-refractivity contribution is -0.384. The molecule has 0 bridgehead atoms. The number of amides is 1. The Balaban J connectivity index is 1.76. The Hall–Kier alpha value is -2.64. The number of nitrogens with one attached hydrogen (secondary N) is 2. The van der Waals surface area contributed by atoms with E-state index in [-0.39, 0.29) is 36.5 Å². The molecule has 3 N–H and O–H groups in total. The van der Waals surface area contributed by atoms with Crippen molar-refractivity contribution in [3.63, 3.8) is 0 Å². The fourth-order valence-corrected chi connectivity index (χ4v) is 2.73. The lowest BCUT2D eigenvalue weighted by Gasteiger charge is -2.13. The van der Waals surface area contributed by atoms with Crippen molar-refractivity contribution in [1.29, 1.82) is 0 Å². The quantitative estimate of drug-likeness (QED) is 0.519. The smallest absolute Gasteiger partial charge is 0.306 e. The minimum absolute atomic E-state index is 0.0343. The van der Waals surface area contributed by atoms with Gasteiger partial charge in [-0.2, -0.15) is 0 Å². The van der Waals surface area contributed by atoms with Crippen molar-refractivity contribution in [2.75, 3.05) is 11.9 Å². The van der Waals surface area contributed by atoms with Crippen LogP contribution >= 0.6 is 0 Å². The number of nitrogens with zero attached hydrogens (tertiary/aromatic N) is 1. The number of aliphatic carboxylic acids is 1. The number of nitro groups is 1. The Bertz CT molecular complexity index is 605. The Kier molecular flexibility index (Phi) is 5.51. The number of rotatable bonds is 7. The molecule has 124 valence electrons. The van der Waals surface area contributed by atoms with Crippen LogP contribution < -0.4 is 10.6 Å². The van der Waals surface area contributed by atoms with E-state index in [4.69, 9.17) is 5.11 Å². The van der Waals surface area contributed by atoms with Crippen molar-refractivity contribution in [1.82, 2.24) is 5.32 Å². The van der Waals surface area contributed by atoms with Crippen molar-refractivity contribution in [2.24, 2.45) is 5.92 Å². The van der Waals surface area contributed by atoms with Gasteiger partial charge in [0.25, 0.3) is 5.69 Å². The third-order valence-electron chi connectivity index (χ3n) is 3.92. The molecule has 1 saturated carbocycles. The Morgan fingerprint density at radius 1 is 1.30 bits per heavy atom. The van der Waals surface area contributed by atoms with Gasteiger partial charge in [0, 0.05) is 25.1 Å². The van der Waals surface area contributed by atoms with Gasteiger partial charge in [0.05, 0.1) is 10.8 Å². The first-order valence-corrected chi connectivity index (χ1v) is 7.47. The number of anilines is 1. The molecule has 0 heterocycles.